The smallest absolute Gasteiger partial charge is 0.0813 e. The first-order valence-corrected chi connectivity index (χ1v) is 5.45. The zero-order valence-corrected chi connectivity index (χ0v) is 9.19. The van der Waals surface area contributed by atoms with Gasteiger partial charge in [-0.15, -0.1) is 0 Å². The van der Waals surface area contributed by atoms with E-state index in [9.17, 15) is 5.11 Å². The van der Waals surface area contributed by atoms with Gasteiger partial charge in [-0.1, -0.05) is 13.8 Å². The first-order valence-electron chi connectivity index (χ1n) is 4.51. The fourth-order valence-electron chi connectivity index (χ4n) is 0.850. The molecule has 74 valence electrons. The molecular weight excluding hydrogens is 182 g/mol. The lowest BCUT2D eigenvalue weighted by Gasteiger charge is -2.28. The molecule has 0 fully saturated rings. The molecule has 0 amide bonds. The summed E-state index contributed by atoms with van der Waals surface area (Å²) in [5, 5.41) is 17.2. The summed E-state index contributed by atoms with van der Waals surface area (Å²) in [7, 11) is 0. The fourth-order valence-corrected chi connectivity index (χ4v) is 1.46. The summed E-state index contributed by atoms with van der Waals surface area (Å²) in [5.41, 5.74) is 0.452. The van der Waals surface area contributed by atoms with Crippen molar-refractivity contribution in [3.8, 4) is 0 Å². The van der Waals surface area contributed by atoms with E-state index in [-0.39, 0.29) is 5.92 Å². The summed E-state index contributed by atoms with van der Waals surface area (Å²) in [6, 6.07) is 2.01. The Labute approximate surface area is 83.6 Å². The van der Waals surface area contributed by atoms with Crippen LogP contribution in [0, 0.1) is 5.92 Å². The number of rotatable bonds is 4. The minimum Gasteiger partial charge on any atom is -0.388 e. The van der Waals surface area contributed by atoms with Crippen molar-refractivity contribution in [1.29, 1.82) is 0 Å². The Morgan fingerprint density at radius 1 is 1.62 bits per heavy atom. The lowest BCUT2D eigenvalue weighted by molar-refractivity contribution is 0.0266. The highest BCUT2D eigenvalue weighted by Gasteiger charge is 2.24. The topological polar surface area (TPSA) is 32.3 Å². The molecule has 0 bridgehead atoms. The normalized spacial score (nSPS) is 15.8. The summed E-state index contributed by atoms with van der Waals surface area (Å²) >= 11 is 1.65. The van der Waals surface area contributed by atoms with Crippen LogP contribution in [0.4, 0.5) is 5.69 Å². The minimum atomic E-state index is -0.637. The van der Waals surface area contributed by atoms with Gasteiger partial charge in [-0.05, 0) is 24.3 Å². The second-order valence-electron chi connectivity index (χ2n) is 3.88. The van der Waals surface area contributed by atoms with Gasteiger partial charge in [0.25, 0.3) is 0 Å². The van der Waals surface area contributed by atoms with Crippen molar-refractivity contribution in [2.45, 2.75) is 26.4 Å². The van der Waals surface area contributed by atoms with Crippen LogP contribution < -0.4 is 5.32 Å². The average Bonchev–Trinajstić information content (AvgIpc) is 2.52. The van der Waals surface area contributed by atoms with E-state index in [1.165, 1.54) is 0 Å². The van der Waals surface area contributed by atoms with Gasteiger partial charge >= 0.3 is 0 Å². The van der Waals surface area contributed by atoms with Crippen molar-refractivity contribution in [3.05, 3.63) is 16.8 Å². The number of anilines is 1. The second kappa shape index (κ2) is 4.11. The van der Waals surface area contributed by atoms with Gasteiger partial charge in [0.05, 0.1) is 5.60 Å². The van der Waals surface area contributed by atoms with E-state index < -0.39 is 5.60 Å². The molecule has 1 rings (SSSR count). The van der Waals surface area contributed by atoms with E-state index >= 15 is 0 Å². The van der Waals surface area contributed by atoms with Crippen LogP contribution in [0.25, 0.3) is 0 Å². The highest BCUT2D eigenvalue weighted by molar-refractivity contribution is 7.08. The largest absolute Gasteiger partial charge is 0.388 e. The zero-order valence-electron chi connectivity index (χ0n) is 8.37. The molecule has 1 atom stereocenters. The maximum absolute atomic E-state index is 9.93. The highest BCUT2D eigenvalue weighted by Crippen LogP contribution is 2.18. The molecule has 0 aliphatic heterocycles. The van der Waals surface area contributed by atoms with E-state index in [2.05, 4.69) is 5.32 Å². The lowest BCUT2D eigenvalue weighted by Crippen LogP contribution is -2.38. The van der Waals surface area contributed by atoms with Crippen molar-refractivity contribution in [2.75, 3.05) is 11.9 Å². The molecule has 2 N–H and O–H groups in total. The Morgan fingerprint density at radius 3 is 2.77 bits per heavy atom. The van der Waals surface area contributed by atoms with Gasteiger partial charge in [0.2, 0.25) is 0 Å². The highest BCUT2D eigenvalue weighted by atomic mass is 32.1. The van der Waals surface area contributed by atoms with E-state index in [1.807, 2.05) is 37.6 Å². The quantitative estimate of drug-likeness (QED) is 0.781. The molecule has 2 nitrogen and oxygen atoms in total. The maximum atomic E-state index is 9.93. The molecule has 1 aromatic rings. The molecular formula is C10H17NOS. The van der Waals surface area contributed by atoms with Crippen LogP contribution in [0.3, 0.4) is 0 Å². The molecule has 0 saturated heterocycles. The van der Waals surface area contributed by atoms with Crippen molar-refractivity contribution in [3.63, 3.8) is 0 Å². The molecule has 0 saturated carbocycles. The lowest BCUT2D eigenvalue weighted by atomic mass is 9.92. The summed E-state index contributed by atoms with van der Waals surface area (Å²) in [6.07, 6.45) is 0. The summed E-state index contributed by atoms with van der Waals surface area (Å²) < 4.78 is 0. The Balaban J connectivity index is 2.42. The van der Waals surface area contributed by atoms with Gasteiger partial charge in [0.1, 0.15) is 0 Å². The Bertz CT molecular complexity index is 241. The van der Waals surface area contributed by atoms with Crippen LogP contribution in [0.5, 0.6) is 0 Å². The third-order valence-electron chi connectivity index (χ3n) is 2.42. The first kappa shape index (κ1) is 10.5. The van der Waals surface area contributed by atoms with Crippen LogP contribution in [-0.4, -0.2) is 17.3 Å². The average molecular weight is 199 g/mol. The van der Waals surface area contributed by atoms with Gasteiger partial charge in [-0.2, -0.15) is 11.3 Å². The van der Waals surface area contributed by atoms with E-state index in [1.54, 1.807) is 11.3 Å². The standard InChI is InChI=1S/C10H17NOS/c1-8(2)10(3,12)7-11-9-4-5-13-6-9/h4-6,8,11-12H,7H2,1-3H3. The number of thiophene rings is 1. The molecule has 0 aromatic carbocycles. The summed E-state index contributed by atoms with van der Waals surface area (Å²) in [6.45, 7) is 6.50. The van der Waals surface area contributed by atoms with Crippen LogP contribution in [0.1, 0.15) is 20.8 Å². The first-order chi connectivity index (χ1) is 6.02. The minimum absolute atomic E-state index is 0.263. The Hall–Kier alpha value is -0.540. The van der Waals surface area contributed by atoms with Gasteiger partial charge in [-0.25, -0.2) is 0 Å². The molecule has 1 aromatic heterocycles. The van der Waals surface area contributed by atoms with Crippen LogP contribution in [-0.2, 0) is 0 Å². The molecule has 1 heterocycles. The van der Waals surface area contributed by atoms with Crippen LogP contribution in [0.2, 0.25) is 0 Å². The maximum Gasteiger partial charge on any atom is 0.0813 e. The van der Waals surface area contributed by atoms with Gasteiger partial charge in [0, 0.05) is 17.6 Å². The predicted molar refractivity (Wildman–Crippen MR) is 58.3 cm³/mol. The van der Waals surface area contributed by atoms with Crippen molar-refractivity contribution in [1.82, 2.24) is 0 Å². The van der Waals surface area contributed by atoms with Crippen LogP contribution in [0.15, 0.2) is 16.8 Å². The monoisotopic (exact) mass is 199 g/mol. The number of nitrogens with one attached hydrogen (secondary N) is 1. The van der Waals surface area contributed by atoms with Gasteiger partial charge in [-0.3, -0.25) is 0 Å². The summed E-state index contributed by atoms with van der Waals surface area (Å²) in [5.74, 6) is 0.263. The number of hydrogen-bond donors (Lipinski definition) is 2. The fraction of sp³-hybridized carbons (Fsp3) is 0.600. The van der Waals surface area contributed by atoms with E-state index in [4.69, 9.17) is 0 Å². The molecule has 0 radical (unpaired) electrons. The van der Waals surface area contributed by atoms with Gasteiger partial charge in [0.15, 0.2) is 0 Å². The molecule has 3 heteroatoms. The second-order valence-corrected chi connectivity index (χ2v) is 4.66. The molecule has 1 unspecified atom stereocenters. The third-order valence-corrected chi connectivity index (χ3v) is 3.10. The number of aliphatic hydroxyl groups is 1. The Morgan fingerprint density at radius 2 is 2.31 bits per heavy atom. The molecule has 13 heavy (non-hydrogen) atoms. The van der Waals surface area contributed by atoms with E-state index in [0.29, 0.717) is 6.54 Å². The third kappa shape index (κ3) is 3.01. The summed E-state index contributed by atoms with van der Waals surface area (Å²) in [4.78, 5) is 0. The van der Waals surface area contributed by atoms with Crippen molar-refractivity contribution >= 4 is 17.0 Å². The number of hydrogen-bond acceptors (Lipinski definition) is 3. The molecule has 0 spiro atoms. The van der Waals surface area contributed by atoms with Crippen molar-refractivity contribution < 1.29 is 5.11 Å². The molecule has 0 aliphatic carbocycles. The molecule has 0 aliphatic rings. The zero-order chi connectivity index (χ0) is 9.90. The van der Waals surface area contributed by atoms with Crippen LogP contribution >= 0.6 is 11.3 Å². The predicted octanol–water partition coefficient (Wildman–Crippen LogP) is 2.57. The van der Waals surface area contributed by atoms with Gasteiger partial charge < -0.3 is 10.4 Å². The Kier molecular flexibility index (Phi) is 3.33. The van der Waals surface area contributed by atoms with Crippen molar-refractivity contribution in [2.24, 2.45) is 5.92 Å². The van der Waals surface area contributed by atoms with E-state index in [0.717, 1.165) is 5.69 Å². The SMILES string of the molecule is CC(C)C(C)(O)CNc1ccsc1.